The topological polar surface area (TPSA) is 97.5 Å². The molecule has 160 valence electrons. The third-order valence-corrected chi connectivity index (χ3v) is 5.55. The molecule has 1 aliphatic heterocycles. The summed E-state index contributed by atoms with van der Waals surface area (Å²) in [4.78, 5) is 44.5. The molecule has 0 spiro atoms. The van der Waals surface area contributed by atoms with E-state index < -0.39 is 12.1 Å². The van der Waals surface area contributed by atoms with Crippen molar-refractivity contribution in [3.8, 4) is 0 Å². The second-order valence-corrected chi connectivity index (χ2v) is 7.48. The number of carbonyl (C=O) groups is 3. The second-order valence-electron chi connectivity index (χ2n) is 7.48. The maximum absolute atomic E-state index is 13.0. The van der Waals surface area contributed by atoms with Gasteiger partial charge in [0.05, 0.1) is 0 Å². The van der Waals surface area contributed by atoms with E-state index in [1.165, 1.54) is 7.05 Å². The molecule has 31 heavy (non-hydrogen) atoms. The maximum atomic E-state index is 13.0. The van der Waals surface area contributed by atoms with Crippen molar-refractivity contribution in [3.63, 3.8) is 0 Å². The summed E-state index contributed by atoms with van der Waals surface area (Å²) in [6, 6.07) is 17.9. The maximum Gasteiger partial charge on any atom is 0.321 e. The molecule has 1 saturated heterocycles. The largest absolute Gasteiger partial charge is 0.351 e. The summed E-state index contributed by atoms with van der Waals surface area (Å²) in [5.41, 5.74) is 2.30. The minimum atomic E-state index is -0.608. The predicted octanol–water partition coefficient (Wildman–Crippen LogP) is 2.12. The van der Waals surface area contributed by atoms with Gasteiger partial charge in [0.2, 0.25) is 5.91 Å². The van der Waals surface area contributed by atoms with Gasteiger partial charge in [-0.2, -0.15) is 0 Å². The summed E-state index contributed by atoms with van der Waals surface area (Å²) < 4.78 is 0. The van der Waals surface area contributed by atoms with Gasteiger partial charge in [0.1, 0.15) is 11.7 Å². The van der Waals surface area contributed by atoms with Crippen LogP contribution < -0.4 is 10.6 Å². The monoisotopic (exact) mass is 419 g/mol. The van der Waals surface area contributed by atoms with Crippen molar-refractivity contribution in [2.45, 2.75) is 6.04 Å². The van der Waals surface area contributed by atoms with Crippen molar-refractivity contribution in [1.82, 2.24) is 25.4 Å². The Morgan fingerprint density at radius 2 is 1.61 bits per heavy atom. The first-order valence-corrected chi connectivity index (χ1v) is 10.3. The standard InChI is InChI=1S/C23H25N5O3/c1-24-23(31)26-21(29)20(16-7-3-2-4-8-16)27-11-13-28(14-12-27)22(30)19-15-17-9-5-6-10-18(17)25-19/h2-10,15,20,25H,11-14H2,1H3,(H2,24,26,29,31). The number of amides is 4. The van der Waals surface area contributed by atoms with Crippen LogP contribution in [0.15, 0.2) is 60.7 Å². The van der Waals surface area contributed by atoms with Gasteiger partial charge in [-0.05, 0) is 17.7 Å². The van der Waals surface area contributed by atoms with E-state index in [9.17, 15) is 14.4 Å². The molecule has 1 aliphatic rings. The fourth-order valence-electron chi connectivity index (χ4n) is 3.95. The van der Waals surface area contributed by atoms with Gasteiger partial charge in [-0.1, -0.05) is 48.5 Å². The van der Waals surface area contributed by atoms with Gasteiger partial charge in [0, 0.05) is 44.1 Å². The number of urea groups is 1. The van der Waals surface area contributed by atoms with Gasteiger partial charge >= 0.3 is 6.03 Å². The molecule has 1 unspecified atom stereocenters. The molecular weight excluding hydrogens is 394 g/mol. The Hall–Kier alpha value is -3.65. The fourth-order valence-corrected chi connectivity index (χ4v) is 3.95. The lowest BCUT2D eigenvalue weighted by atomic mass is 10.0. The number of benzene rings is 2. The summed E-state index contributed by atoms with van der Waals surface area (Å²) in [6.07, 6.45) is 0. The Kier molecular flexibility index (Phi) is 5.99. The first kappa shape index (κ1) is 20.6. The molecule has 1 fully saturated rings. The number of fused-ring (bicyclic) bond motifs is 1. The van der Waals surface area contributed by atoms with E-state index in [0.29, 0.717) is 31.9 Å². The molecule has 0 saturated carbocycles. The number of H-pyrrole nitrogens is 1. The summed E-state index contributed by atoms with van der Waals surface area (Å²) in [6.45, 7) is 2.02. The smallest absolute Gasteiger partial charge is 0.321 e. The number of piperazine rings is 1. The highest BCUT2D eigenvalue weighted by atomic mass is 16.2. The zero-order valence-corrected chi connectivity index (χ0v) is 17.3. The van der Waals surface area contributed by atoms with Crippen molar-refractivity contribution in [3.05, 3.63) is 71.9 Å². The number of aromatic amines is 1. The van der Waals surface area contributed by atoms with Crippen LogP contribution in [-0.2, 0) is 4.79 Å². The van der Waals surface area contributed by atoms with E-state index in [2.05, 4.69) is 15.6 Å². The minimum absolute atomic E-state index is 0.0538. The number of nitrogens with zero attached hydrogens (tertiary/aromatic N) is 2. The first-order valence-electron chi connectivity index (χ1n) is 10.3. The number of nitrogens with one attached hydrogen (secondary N) is 3. The molecule has 1 aromatic heterocycles. The van der Waals surface area contributed by atoms with Crippen LogP contribution >= 0.6 is 0 Å². The first-order chi connectivity index (χ1) is 15.1. The average molecular weight is 419 g/mol. The average Bonchev–Trinajstić information content (AvgIpc) is 3.24. The lowest BCUT2D eigenvalue weighted by Gasteiger charge is -2.38. The van der Waals surface area contributed by atoms with E-state index in [4.69, 9.17) is 0 Å². The highest BCUT2D eigenvalue weighted by Crippen LogP contribution is 2.24. The van der Waals surface area contributed by atoms with Crippen LogP contribution in [0.25, 0.3) is 10.9 Å². The molecule has 0 bridgehead atoms. The molecule has 8 nitrogen and oxygen atoms in total. The van der Waals surface area contributed by atoms with E-state index >= 15 is 0 Å². The summed E-state index contributed by atoms with van der Waals surface area (Å²) in [5, 5.41) is 5.79. The summed E-state index contributed by atoms with van der Waals surface area (Å²) in [5.74, 6) is -0.442. The Labute approximate surface area is 180 Å². The van der Waals surface area contributed by atoms with Crippen LogP contribution in [0.5, 0.6) is 0 Å². The Morgan fingerprint density at radius 3 is 2.29 bits per heavy atom. The zero-order valence-electron chi connectivity index (χ0n) is 17.3. The minimum Gasteiger partial charge on any atom is -0.351 e. The van der Waals surface area contributed by atoms with Crippen molar-refractivity contribution >= 4 is 28.7 Å². The van der Waals surface area contributed by atoms with E-state index in [1.54, 1.807) is 4.90 Å². The van der Waals surface area contributed by atoms with Crippen LogP contribution in [0.3, 0.4) is 0 Å². The van der Waals surface area contributed by atoms with Gasteiger partial charge in [-0.25, -0.2) is 4.79 Å². The molecule has 3 aromatic rings. The number of para-hydroxylation sites is 1. The predicted molar refractivity (Wildman–Crippen MR) is 118 cm³/mol. The third kappa shape index (κ3) is 4.44. The molecule has 0 radical (unpaired) electrons. The van der Waals surface area contributed by atoms with Crippen molar-refractivity contribution < 1.29 is 14.4 Å². The van der Waals surface area contributed by atoms with Crippen LogP contribution in [0.2, 0.25) is 0 Å². The van der Waals surface area contributed by atoms with Crippen molar-refractivity contribution in [1.29, 1.82) is 0 Å². The Morgan fingerprint density at radius 1 is 0.935 bits per heavy atom. The van der Waals surface area contributed by atoms with Gasteiger partial charge in [0.25, 0.3) is 5.91 Å². The molecule has 2 heterocycles. The fraction of sp³-hybridized carbons (Fsp3) is 0.261. The van der Waals surface area contributed by atoms with E-state index in [1.807, 2.05) is 65.6 Å². The molecule has 2 aromatic carbocycles. The molecule has 8 heteroatoms. The molecule has 3 N–H and O–H groups in total. The van der Waals surface area contributed by atoms with Crippen LogP contribution in [-0.4, -0.2) is 65.9 Å². The quantitative estimate of drug-likeness (QED) is 0.603. The summed E-state index contributed by atoms with van der Waals surface area (Å²) in [7, 11) is 1.47. The highest BCUT2D eigenvalue weighted by Gasteiger charge is 2.32. The molecule has 0 aliphatic carbocycles. The Bertz CT molecular complexity index is 1050. The van der Waals surface area contributed by atoms with Crippen LogP contribution in [0.1, 0.15) is 22.1 Å². The third-order valence-electron chi connectivity index (χ3n) is 5.55. The van der Waals surface area contributed by atoms with E-state index in [-0.39, 0.29) is 11.8 Å². The zero-order chi connectivity index (χ0) is 21.8. The number of hydrogen-bond donors (Lipinski definition) is 3. The Balaban J connectivity index is 1.47. The highest BCUT2D eigenvalue weighted by molar-refractivity contribution is 5.98. The normalized spacial score (nSPS) is 15.5. The summed E-state index contributed by atoms with van der Waals surface area (Å²) >= 11 is 0. The number of hydrogen-bond acceptors (Lipinski definition) is 4. The number of aromatic nitrogens is 1. The van der Waals surface area contributed by atoms with Gasteiger partial charge in [0.15, 0.2) is 0 Å². The van der Waals surface area contributed by atoms with Gasteiger partial charge in [-0.3, -0.25) is 19.8 Å². The van der Waals surface area contributed by atoms with Gasteiger partial charge in [-0.15, -0.1) is 0 Å². The van der Waals surface area contributed by atoms with Crippen LogP contribution in [0, 0.1) is 0 Å². The van der Waals surface area contributed by atoms with Gasteiger partial charge < -0.3 is 15.2 Å². The number of imide groups is 1. The number of rotatable bonds is 4. The van der Waals surface area contributed by atoms with Crippen molar-refractivity contribution in [2.24, 2.45) is 0 Å². The lowest BCUT2D eigenvalue weighted by Crippen LogP contribution is -2.53. The molecule has 4 amide bonds. The molecular formula is C23H25N5O3. The van der Waals surface area contributed by atoms with Crippen molar-refractivity contribution in [2.75, 3.05) is 33.2 Å². The molecule has 1 atom stereocenters. The molecule has 4 rings (SSSR count). The lowest BCUT2D eigenvalue weighted by molar-refractivity contribution is -0.126. The number of carbonyl (C=O) groups excluding carboxylic acids is 3. The SMILES string of the molecule is CNC(=O)NC(=O)C(c1ccccc1)N1CCN(C(=O)c2cc3ccccc3[nH]2)CC1. The second kappa shape index (κ2) is 9.01. The van der Waals surface area contributed by atoms with E-state index in [0.717, 1.165) is 16.5 Å². The van der Waals surface area contributed by atoms with Crippen LogP contribution in [0.4, 0.5) is 4.79 Å².